The van der Waals surface area contributed by atoms with Gasteiger partial charge in [0.2, 0.25) is 5.91 Å². The number of hydrogen-bond acceptors (Lipinski definition) is 3. The highest BCUT2D eigenvalue weighted by molar-refractivity contribution is 5.76. The summed E-state index contributed by atoms with van der Waals surface area (Å²) in [4.78, 5) is 24.6. The number of nitrogens with zero attached hydrogens (tertiary/aromatic N) is 1. The van der Waals surface area contributed by atoms with E-state index < -0.39 is 5.97 Å². The highest BCUT2D eigenvalue weighted by Crippen LogP contribution is 2.21. The summed E-state index contributed by atoms with van der Waals surface area (Å²) in [5, 5.41) is 8.78. The zero-order chi connectivity index (χ0) is 16.7. The van der Waals surface area contributed by atoms with E-state index in [0.29, 0.717) is 38.3 Å². The van der Waals surface area contributed by atoms with E-state index in [-0.39, 0.29) is 24.1 Å². The number of rotatable bonds is 7. The first-order valence-corrected chi connectivity index (χ1v) is 7.92. The highest BCUT2D eigenvalue weighted by atomic mass is 19.1. The number of halogens is 1. The summed E-state index contributed by atoms with van der Waals surface area (Å²) < 4.78 is 18.2. The third kappa shape index (κ3) is 5.88. The molecule has 0 aliphatic carbocycles. The number of carbonyl (C=O) groups excluding carboxylic acids is 1. The lowest BCUT2D eigenvalue weighted by Gasteiger charge is -2.31. The largest absolute Gasteiger partial charge is 0.494 e. The lowest BCUT2D eigenvalue weighted by atomic mass is 9.93. The van der Waals surface area contributed by atoms with E-state index in [0.717, 1.165) is 12.8 Å². The molecule has 1 fully saturated rings. The Morgan fingerprint density at radius 3 is 2.48 bits per heavy atom. The minimum absolute atomic E-state index is 0.0847. The highest BCUT2D eigenvalue weighted by Gasteiger charge is 2.23. The molecule has 1 aliphatic heterocycles. The average molecular weight is 323 g/mol. The summed E-state index contributed by atoms with van der Waals surface area (Å²) in [5.74, 6) is -0.222. The molecule has 0 bridgehead atoms. The van der Waals surface area contributed by atoms with Crippen molar-refractivity contribution in [3.63, 3.8) is 0 Å². The Morgan fingerprint density at radius 1 is 1.22 bits per heavy atom. The van der Waals surface area contributed by atoms with Crippen LogP contribution < -0.4 is 4.74 Å². The normalized spacial score (nSPS) is 15.4. The Balaban J connectivity index is 1.62. The molecule has 1 aliphatic rings. The van der Waals surface area contributed by atoms with Gasteiger partial charge in [0.15, 0.2) is 0 Å². The summed E-state index contributed by atoms with van der Waals surface area (Å²) in [6.45, 7) is 1.68. The average Bonchev–Trinajstić information content (AvgIpc) is 2.53. The SMILES string of the molecule is O=C(O)CC1CCN(C(=O)CCCOc2ccc(F)cc2)CC1. The molecule has 126 valence electrons. The molecular formula is C17H22FNO4. The van der Waals surface area contributed by atoms with Gasteiger partial charge in [-0.2, -0.15) is 0 Å². The molecule has 5 nitrogen and oxygen atoms in total. The Hall–Kier alpha value is -2.11. The van der Waals surface area contributed by atoms with E-state index >= 15 is 0 Å². The molecule has 1 saturated heterocycles. The van der Waals surface area contributed by atoms with Gasteiger partial charge in [-0.3, -0.25) is 9.59 Å². The van der Waals surface area contributed by atoms with Crippen LogP contribution in [-0.4, -0.2) is 41.6 Å². The fourth-order valence-electron chi connectivity index (χ4n) is 2.74. The van der Waals surface area contributed by atoms with Crippen LogP contribution in [0.15, 0.2) is 24.3 Å². The number of carbonyl (C=O) groups is 2. The molecule has 1 N–H and O–H groups in total. The fraction of sp³-hybridized carbons (Fsp3) is 0.529. The van der Waals surface area contributed by atoms with E-state index in [1.807, 2.05) is 0 Å². The second kappa shape index (κ2) is 8.50. The van der Waals surface area contributed by atoms with Crippen LogP contribution in [0.25, 0.3) is 0 Å². The summed E-state index contributed by atoms with van der Waals surface area (Å²) in [7, 11) is 0. The third-order valence-electron chi connectivity index (χ3n) is 4.05. The Labute approximate surface area is 135 Å². The van der Waals surface area contributed by atoms with Gasteiger partial charge >= 0.3 is 5.97 Å². The number of hydrogen-bond donors (Lipinski definition) is 1. The van der Waals surface area contributed by atoms with Crippen molar-refractivity contribution >= 4 is 11.9 Å². The standard InChI is InChI=1S/C17H22FNO4/c18-14-3-5-15(6-4-14)23-11-1-2-16(20)19-9-7-13(8-10-19)12-17(21)22/h3-6,13H,1-2,7-12H2,(H,21,22). The van der Waals surface area contributed by atoms with Crippen LogP contribution in [0.5, 0.6) is 5.75 Å². The quantitative estimate of drug-likeness (QED) is 0.784. The molecule has 0 aromatic heterocycles. The molecule has 1 heterocycles. The van der Waals surface area contributed by atoms with Gasteiger partial charge in [0, 0.05) is 25.9 Å². The van der Waals surface area contributed by atoms with Gasteiger partial charge in [-0.05, 0) is 49.4 Å². The first kappa shape index (κ1) is 17.2. The number of benzene rings is 1. The molecular weight excluding hydrogens is 301 g/mol. The van der Waals surface area contributed by atoms with Gasteiger partial charge in [0.1, 0.15) is 11.6 Å². The first-order valence-electron chi connectivity index (χ1n) is 7.92. The van der Waals surface area contributed by atoms with Crippen LogP contribution in [0.1, 0.15) is 32.1 Å². The molecule has 0 atom stereocenters. The van der Waals surface area contributed by atoms with Gasteiger partial charge in [-0.1, -0.05) is 0 Å². The van der Waals surface area contributed by atoms with Gasteiger partial charge in [0.25, 0.3) is 0 Å². The summed E-state index contributed by atoms with van der Waals surface area (Å²) in [6, 6.07) is 5.79. The Bertz CT molecular complexity index is 524. The molecule has 0 saturated carbocycles. The van der Waals surface area contributed by atoms with Crippen molar-refractivity contribution in [1.82, 2.24) is 4.90 Å². The van der Waals surface area contributed by atoms with Crippen LogP contribution >= 0.6 is 0 Å². The van der Waals surface area contributed by atoms with Gasteiger partial charge in [-0.15, -0.1) is 0 Å². The van der Waals surface area contributed by atoms with Crippen molar-refractivity contribution in [1.29, 1.82) is 0 Å². The lowest BCUT2D eigenvalue weighted by molar-refractivity contribution is -0.138. The molecule has 2 rings (SSSR count). The number of ether oxygens (including phenoxy) is 1. The monoisotopic (exact) mass is 323 g/mol. The molecule has 6 heteroatoms. The second-order valence-corrected chi connectivity index (χ2v) is 5.83. The van der Waals surface area contributed by atoms with E-state index in [2.05, 4.69) is 0 Å². The van der Waals surface area contributed by atoms with Crippen LogP contribution in [0, 0.1) is 11.7 Å². The molecule has 1 aromatic carbocycles. The number of likely N-dealkylation sites (tertiary alicyclic amines) is 1. The number of carboxylic acid groups (broad SMARTS) is 1. The van der Waals surface area contributed by atoms with Gasteiger partial charge in [0.05, 0.1) is 6.61 Å². The summed E-state index contributed by atoms with van der Waals surface area (Å²) in [6.07, 6.45) is 2.71. The maximum absolute atomic E-state index is 12.7. The zero-order valence-corrected chi connectivity index (χ0v) is 13.0. The first-order chi connectivity index (χ1) is 11.0. The maximum Gasteiger partial charge on any atom is 0.303 e. The van der Waals surface area contributed by atoms with Gasteiger partial charge < -0.3 is 14.7 Å². The number of aliphatic carboxylic acids is 1. The fourth-order valence-corrected chi connectivity index (χ4v) is 2.74. The van der Waals surface area contributed by atoms with E-state index in [4.69, 9.17) is 9.84 Å². The van der Waals surface area contributed by atoms with Crippen molar-refractivity contribution < 1.29 is 23.8 Å². The summed E-state index contributed by atoms with van der Waals surface area (Å²) >= 11 is 0. The van der Waals surface area contributed by atoms with Crippen molar-refractivity contribution in [3.05, 3.63) is 30.1 Å². The number of carboxylic acids is 1. The molecule has 1 amide bonds. The lowest BCUT2D eigenvalue weighted by Crippen LogP contribution is -2.38. The number of piperidine rings is 1. The van der Waals surface area contributed by atoms with Crippen molar-refractivity contribution in [3.8, 4) is 5.75 Å². The molecule has 0 radical (unpaired) electrons. The molecule has 0 spiro atoms. The Kier molecular flexibility index (Phi) is 6.38. The van der Waals surface area contributed by atoms with Crippen molar-refractivity contribution in [2.24, 2.45) is 5.92 Å². The van der Waals surface area contributed by atoms with Crippen molar-refractivity contribution in [2.75, 3.05) is 19.7 Å². The van der Waals surface area contributed by atoms with Crippen LogP contribution in [0.3, 0.4) is 0 Å². The van der Waals surface area contributed by atoms with Crippen LogP contribution in [0.2, 0.25) is 0 Å². The second-order valence-electron chi connectivity index (χ2n) is 5.83. The topological polar surface area (TPSA) is 66.8 Å². The van der Waals surface area contributed by atoms with E-state index in [9.17, 15) is 14.0 Å². The summed E-state index contributed by atoms with van der Waals surface area (Å²) in [5.41, 5.74) is 0. The van der Waals surface area contributed by atoms with Crippen LogP contribution in [-0.2, 0) is 9.59 Å². The predicted molar refractivity (Wildman–Crippen MR) is 82.7 cm³/mol. The van der Waals surface area contributed by atoms with E-state index in [1.165, 1.54) is 12.1 Å². The minimum atomic E-state index is -0.771. The third-order valence-corrected chi connectivity index (χ3v) is 4.05. The van der Waals surface area contributed by atoms with Gasteiger partial charge in [-0.25, -0.2) is 4.39 Å². The Morgan fingerprint density at radius 2 is 1.87 bits per heavy atom. The van der Waals surface area contributed by atoms with Crippen LogP contribution in [0.4, 0.5) is 4.39 Å². The number of amides is 1. The molecule has 0 unspecified atom stereocenters. The minimum Gasteiger partial charge on any atom is -0.494 e. The zero-order valence-electron chi connectivity index (χ0n) is 13.0. The smallest absolute Gasteiger partial charge is 0.303 e. The van der Waals surface area contributed by atoms with Crippen molar-refractivity contribution in [2.45, 2.75) is 32.1 Å². The maximum atomic E-state index is 12.7. The van der Waals surface area contributed by atoms with E-state index in [1.54, 1.807) is 17.0 Å². The molecule has 1 aromatic rings. The predicted octanol–water partition coefficient (Wildman–Crippen LogP) is 2.70. The molecule has 23 heavy (non-hydrogen) atoms.